The number of carboxylic acids is 1. The summed E-state index contributed by atoms with van der Waals surface area (Å²) in [5.41, 5.74) is 5.68. The zero-order valence-corrected chi connectivity index (χ0v) is 17.7. The second kappa shape index (κ2) is 10.5. The van der Waals surface area contributed by atoms with Gasteiger partial charge < -0.3 is 14.8 Å². The van der Waals surface area contributed by atoms with E-state index in [1.54, 1.807) is 6.20 Å². The molecule has 2 aromatic heterocycles. The number of hydrogen-bond donors (Lipinski definition) is 2. The van der Waals surface area contributed by atoms with Crippen LogP contribution in [0.2, 0.25) is 0 Å². The first-order valence-electron chi connectivity index (χ1n) is 11.0. The number of hydrogen-bond acceptors (Lipinski definition) is 5. The number of pyridine rings is 1. The average Bonchev–Trinajstić information content (AvgIpc) is 3.22. The standard InChI is InChI=1S/C26H25N3O3.Na.H/c30-25(31)15-17-5-7-18(8-6-17)19-9-11-20(12-10-19)22-14-13-21(16-27-22)28-26-29-23-3-1-2-4-24(23)32-26;;/h1-4,9-14,16-18H,5-8,15H2,(H,28,29)(H,30,31);;. The van der Waals surface area contributed by atoms with Crippen LogP contribution in [0.3, 0.4) is 0 Å². The number of rotatable bonds is 6. The molecule has 5 rings (SSSR count). The molecule has 2 N–H and O–H groups in total. The van der Waals surface area contributed by atoms with Crippen LogP contribution < -0.4 is 5.32 Å². The Bertz CT molecular complexity index is 1180. The van der Waals surface area contributed by atoms with Gasteiger partial charge in [0.05, 0.1) is 17.6 Å². The van der Waals surface area contributed by atoms with Crippen LogP contribution in [0, 0.1) is 5.92 Å². The molecule has 0 spiro atoms. The van der Waals surface area contributed by atoms with Crippen molar-refractivity contribution in [2.45, 2.75) is 38.0 Å². The average molecular weight is 452 g/mol. The number of carboxylic acid groups (broad SMARTS) is 1. The SMILES string of the molecule is O=C(O)CC1CCC(c2ccc(-c3ccc(Nc4nc5ccccc5o4)cn3)cc2)CC1.[NaH]. The minimum absolute atomic E-state index is 0. The first-order chi connectivity index (χ1) is 15.6. The van der Waals surface area contributed by atoms with Gasteiger partial charge in [-0.15, -0.1) is 0 Å². The third-order valence-corrected chi connectivity index (χ3v) is 6.30. The predicted octanol–water partition coefficient (Wildman–Crippen LogP) is 5.73. The molecule has 0 atom stereocenters. The van der Waals surface area contributed by atoms with Crippen molar-refractivity contribution in [3.05, 3.63) is 72.4 Å². The summed E-state index contributed by atoms with van der Waals surface area (Å²) in [6, 6.07) is 20.7. The molecule has 0 unspecified atom stereocenters. The number of nitrogens with one attached hydrogen (secondary N) is 1. The number of aliphatic carboxylic acids is 1. The molecular formula is C26H26N3NaO3. The number of fused-ring (bicyclic) bond motifs is 1. The summed E-state index contributed by atoms with van der Waals surface area (Å²) >= 11 is 0. The van der Waals surface area contributed by atoms with Gasteiger partial charge in [0, 0.05) is 12.0 Å². The Balaban J connectivity index is 0.00000259. The summed E-state index contributed by atoms with van der Waals surface area (Å²) < 4.78 is 5.70. The van der Waals surface area contributed by atoms with Gasteiger partial charge in [-0.25, -0.2) is 0 Å². The molecule has 7 heteroatoms. The molecule has 1 aliphatic rings. The summed E-state index contributed by atoms with van der Waals surface area (Å²) in [6.45, 7) is 0. The van der Waals surface area contributed by atoms with Crippen LogP contribution in [0.1, 0.15) is 43.6 Å². The van der Waals surface area contributed by atoms with Crippen LogP contribution in [0.15, 0.2) is 71.3 Å². The van der Waals surface area contributed by atoms with Crippen molar-refractivity contribution >= 4 is 58.3 Å². The first kappa shape index (κ1) is 23.5. The van der Waals surface area contributed by atoms with E-state index in [9.17, 15) is 4.79 Å². The van der Waals surface area contributed by atoms with Crippen molar-refractivity contribution in [3.8, 4) is 11.3 Å². The molecule has 0 radical (unpaired) electrons. The maximum absolute atomic E-state index is 10.9. The van der Waals surface area contributed by atoms with Gasteiger partial charge in [-0.3, -0.25) is 9.78 Å². The van der Waals surface area contributed by atoms with Crippen molar-refractivity contribution in [3.63, 3.8) is 0 Å². The van der Waals surface area contributed by atoms with Crippen molar-refractivity contribution in [2.24, 2.45) is 5.92 Å². The van der Waals surface area contributed by atoms with Crippen LogP contribution in [-0.2, 0) is 4.79 Å². The Morgan fingerprint density at radius 3 is 2.42 bits per heavy atom. The molecule has 6 nitrogen and oxygen atoms in total. The zero-order chi connectivity index (χ0) is 21.9. The van der Waals surface area contributed by atoms with Gasteiger partial charge in [0.25, 0.3) is 6.01 Å². The van der Waals surface area contributed by atoms with Gasteiger partial charge in [-0.1, -0.05) is 36.4 Å². The number of anilines is 2. The Hall–Kier alpha value is -2.67. The fourth-order valence-electron chi connectivity index (χ4n) is 4.56. The predicted molar refractivity (Wildman–Crippen MR) is 131 cm³/mol. The van der Waals surface area contributed by atoms with Crippen LogP contribution >= 0.6 is 0 Å². The van der Waals surface area contributed by atoms with Crippen molar-refractivity contribution < 1.29 is 14.3 Å². The van der Waals surface area contributed by atoms with Gasteiger partial charge in [-0.05, 0) is 67.3 Å². The van der Waals surface area contributed by atoms with E-state index in [1.165, 1.54) is 5.56 Å². The van der Waals surface area contributed by atoms with Crippen LogP contribution in [-0.4, -0.2) is 50.6 Å². The number of para-hydroxylation sites is 2. The van der Waals surface area contributed by atoms with E-state index in [-0.39, 0.29) is 29.6 Å². The monoisotopic (exact) mass is 451 g/mol. The minimum atomic E-state index is -0.680. The van der Waals surface area contributed by atoms with Crippen molar-refractivity contribution in [1.29, 1.82) is 0 Å². The molecule has 4 aromatic rings. The second-order valence-electron chi connectivity index (χ2n) is 8.48. The maximum atomic E-state index is 10.9. The summed E-state index contributed by atoms with van der Waals surface area (Å²) in [6.07, 6.45) is 6.19. The Morgan fingerprint density at radius 2 is 1.76 bits per heavy atom. The van der Waals surface area contributed by atoms with E-state index < -0.39 is 5.97 Å². The number of benzene rings is 2. The van der Waals surface area contributed by atoms with Crippen LogP contribution in [0.4, 0.5) is 11.7 Å². The first-order valence-corrected chi connectivity index (χ1v) is 11.0. The molecule has 1 aliphatic carbocycles. The summed E-state index contributed by atoms with van der Waals surface area (Å²) in [5, 5.41) is 12.2. The normalized spacial score (nSPS) is 17.9. The number of nitrogens with zero attached hydrogens (tertiary/aromatic N) is 2. The topological polar surface area (TPSA) is 88.2 Å². The second-order valence-corrected chi connectivity index (χ2v) is 8.48. The Morgan fingerprint density at radius 1 is 1.00 bits per heavy atom. The van der Waals surface area contributed by atoms with E-state index in [2.05, 4.69) is 39.6 Å². The fraction of sp³-hybridized carbons (Fsp3) is 0.269. The molecular weight excluding hydrogens is 425 g/mol. The zero-order valence-electron chi connectivity index (χ0n) is 17.7. The third-order valence-electron chi connectivity index (χ3n) is 6.30. The summed E-state index contributed by atoms with van der Waals surface area (Å²) in [7, 11) is 0. The van der Waals surface area contributed by atoms with Gasteiger partial charge in [-0.2, -0.15) is 4.98 Å². The molecule has 1 saturated carbocycles. The fourth-order valence-corrected chi connectivity index (χ4v) is 4.56. The van der Waals surface area contributed by atoms with E-state index in [0.717, 1.165) is 53.7 Å². The van der Waals surface area contributed by atoms with Crippen LogP contribution in [0.5, 0.6) is 0 Å². The van der Waals surface area contributed by atoms with Crippen LogP contribution in [0.25, 0.3) is 22.4 Å². The molecule has 164 valence electrons. The number of aromatic nitrogens is 2. The molecule has 2 heterocycles. The number of carbonyl (C=O) groups is 1. The van der Waals surface area contributed by atoms with Gasteiger partial charge >= 0.3 is 35.5 Å². The summed E-state index contributed by atoms with van der Waals surface area (Å²) in [5.74, 6) is 0.166. The molecule has 0 amide bonds. The van der Waals surface area contributed by atoms with Gasteiger partial charge in [0.15, 0.2) is 5.58 Å². The van der Waals surface area contributed by atoms with E-state index in [1.807, 2.05) is 36.4 Å². The Labute approximate surface area is 214 Å². The Kier molecular flexibility index (Phi) is 7.48. The van der Waals surface area contributed by atoms with Crippen molar-refractivity contribution in [2.75, 3.05) is 5.32 Å². The van der Waals surface area contributed by atoms with Gasteiger partial charge in [0.2, 0.25) is 0 Å². The summed E-state index contributed by atoms with van der Waals surface area (Å²) in [4.78, 5) is 19.9. The molecule has 0 bridgehead atoms. The van der Waals surface area contributed by atoms with E-state index >= 15 is 0 Å². The van der Waals surface area contributed by atoms with Gasteiger partial charge in [0.1, 0.15) is 5.52 Å². The molecule has 0 aliphatic heterocycles. The third kappa shape index (κ3) is 5.64. The molecule has 1 fully saturated rings. The molecule has 2 aromatic carbocycles. The van der Waals surface area contributed by atoms with E-state index in [0.29, 0.717) is 24.3 Å². The van der Waals surface area contributed by atoms with Crippen molar-refractivity contribution in [1.82, 2.24) is 9.97 Å². The van der Waals surface area contributed by atoms with E-state index in [4.69, 9.17) is 9.52 Å². The quantitative estimate of drug-likeness (QED) is 0.364. The number of oxazole rings is 1. The molecule has 33 heavy (non-hydrogen) atoms. The molecule has 0 saturated heterocycles.